The predicted molar refractivity (Wildman–Crippen MR) is 68.9 cm³/mol. The molecule has 0 aliphatic carbocycles. The van der Waals surface area contributed by atoms with Crippen LogP contribution in [0, 0.1) is 0 Å². The Balaban J connectivity index is 2.30. The van der Waals surface area contributed by atoms with Crippen molar-refractivity contribution in [3.05, 3.63) is 48.2 Å². The standard InChI is InChI=1S/C14H11F2N3/c1-19-14-11(8-17-19)10(13(15)16)7-12(18-14)9-5-3-2-4-6-9/h2-8,13H,1H3. The summed E-state index contributed by atoms with van der Waals surface area (Å²) < 4.78 is 27.8. The minimum Gasteiger partial charge on any atom is -0.250 e. The van der Waals surface area contributed by atoms with Gasteiger partial charge < -0.3 is 0 Å². The molecule has 19 heavy (non-hydrogen) atoms. The number of fused-ring (bicyclic) bond motifs is 1. The number of aromatic nitrogens is 3. The first-order valence-electron chi connectivity index (χ1n) is 5.83. The third-order valence-electron chi connectivity index (χ3n) is 3.04. The molecule has 0 saturated carbocycles. The zero-order valence-corrected chi connectivity index (χ0v) is 10.2. The number of rotatable bonds is 2. The summed E-state index contributed by atoms with van der Waals surface area (Å²) >= 11 is 0. The van der Waals surface area contributed by atoms with Gasteiger partial charge in [-0.1, -0.05) is 30.3 Å². The number of halogens is 2. The summed E-state index contributed by atoms with van der Waals surface area (Å²) in [5.74, 6) is 0. The van der Waals surface area contributed by atoms with E-state index in [1.54, 1.807) is 7.05 Å². The Bertz CT molecular complexity index is 720. The minimum absolute atomic E-state index is 0.0306. The smallest absolute Gasteiger partial charge is 0.250 e. The Kier molecular flexibility index (Phi) is 2.74. The second-order valence-electron chi connectivity index (χ2n) is 4.27. The maximum atomic E-state index is 13.1. The highest BCUT2D eigenvalue weighted by molar-refractivity contribution is 5.82. The average Bonchev–Trinajstić information content (AvgIpc) is 2.80. The Morgan fingerprint density at radius 3 is 2.58 bits per heavy atom. The molecule has 0 radical (unpaired) electrons. The largest absolute Gasteiger partial charge is 0.264 e. The number of nitrogens with zero attached hydrogens (tertiary/aromatic N) is 3. The van der Waals surface area contributed by atoms with Gasteiger partial charge in [-0.25, -0.2) is 13.8 Å². The van der Waals surface area contributed by atoms with Crippen molar-refractivity contribution in [1.29, 1.82) is 0 Å². The summed E-state index contributed by atoms with van der Waals surface area (Å²) in [4.78, 5) is 4.42. The maximum absolute atomic E-state index is 13.1. The summed E-state index contributed by atoms with van der Waals surface area (Å²) in [7, 11) is 1.69. The van der Waals surface area contributed by atoms with E-state index < -0.39 is 6.43 Å². The van der Waals surface area contributed by atoms with E-state index in [0.717, 1.165) is 5.56 Å². The van der Waals surface area contributed by atoms with Gasteiger partial charge in [0, 0.05) is 23.6 Å². The van der Waals surface area contributed by atoms with Gasteiger partial charge in [0.25, 0.3) is 6.43 Å². The van der Waals surface area contributed by atoms with Gasteiger partial charge in [0.2, 0.25) is 0 Å². The van der Waals surface area contributed by atoms with Crippen LogP contribution in [0.4, 0.5) is 8.78 Å². The molecule has 0 unspecified atom stereocenters. The number of hydrogen-bond donors (Lipinski definition) is 0. The maximum Gasteiger partial charge on any atom is 0.264 e. The second kappa shape index (κ2) is 4.42. The molecule has 96 valence electrons. The topological polar surface area (TPSA) is 30.7 Å². The molecule has 0 atom stereocenters. The Labute approximate surface area is 108 Å². The Morgan fingerprint density at radius 1 is 1.16 bits per heavy atom. The van der Waals surface area contributed by atoms with Gasteiger partial charge >= 0.3 is 0 Å². The molecular weight excluding hydrogens is 248 g/mol. The molecule has 0 aliphatic rings. The summed E-state index contributed by atoms with van der Waals surface area (Å²) in [5, 5.41) is 4.39. The number of pyridine rings is 1. The van der Waals surface area contributed by atoms with Crippen molar-refractivity contribution in [3.8, 4) is 11.3 Å². The van der Waals surface area contributed by atoms with Crippen LogP contribution < -0.4 is 0 Å². The lowest BCUT2D eigenvalue weighted by Gasteiger charge is -2.06. The quantitative estimate of drug-likeness (QED) is 0.704. The first-order valence-corrected chi connectivity index (χ1v) is 5.83. The van der Waals surface area contributed by atoms with E-state index in [9.17, 15) is 8.78 Å². The highest BCUT2D eigenvalue weighted by Gasteiger charge is 2.17. The lowest BCUT2D eigenvalue weighted by Crippen LogP contribution is -1.96. The molecule has 2 aromatic heterocycles. The van der Waals surface area contributed by atoms with E-state index in [0.29, 0.717) is 16.7 Å². The number of alkyl halides is 2. The first-order chi connectivity index (χ1) is 9.16. The fourth-order valence-electron chi connectivity index (χ4n) is 2.08. The van der Waals surface area contributed by atoms with Crippen molar-refractivity contribution in [2.75, 3.05) is 0 Å². The monoisotopic (exact) mass is 259 g/mol. The highest BCUT2D eigenvalue weighted by Crippen LogP contribution is 2.30. The number of aryl methyl sites for hydroxylation is 1. The van der Waals surface area contributed by atoms with Crippen molar-refractivity contribution >= 4 is 11.0 Å². The fourth-order valence-corrected chi connectivity index (χ4v) is 2.08. The average molecular weight is 259 g/mol. The van der Waals surface area contributed by atoms with E-state index >= 15 is 0 Å². The third kappa shape index (κ3) is 1.97. The van der Waals surface area contributed by atoms with Crippen LogP contribution in [-0.4, -0.2) is 14.8 Å². The zero-order chi connectivity index (χ0) is 13.4. The summed E-state index contributed by atoms with van der Waals surface area (Å²) in [6, 6.07) is 10.7. The molecule has 3 aromatic rings. The van der Waals surface area contributed by atoms with Crippen LogP contribution >= 0.6 is 0 Å². The van der Waals surface area contributed by atoms with Crippen LogP contribution in [0.5, 0.6) is 0 Å². The van der Waals surface area contributed by atoms with Gasteiger partial charge in [-0.2, -0.15) is 5.10 Å². The normalized spacial score (nSPS) is 11.4. The zero-order valence-electron chi connectivity index (χ0n) is 10.2. The highest BCUT2D eigenvalue weighted by atomic mass is 19.3. The fraction of sp³-hybridized carbons (Fsp3) is 0.143. The van der Waals surface area contributed by atoms with E-state index in [1.807, 2.05) is 30.3 Å². The molecule has 2 heterocycles. The van der Waals surface area contributed by atoms with E-state index in [2.05, 4.69) is 10.1 Å². The summed E-state index contributed by atoms with van der Waals surface area (Å²) in [5.41, 5.74) is 1.79. The second-order valence-corrected chi connectivity index (χ2v) is 4.27. The third-order valence-corrected chi connectivity index (χ3v) is 3.04. The van der Waals surface area contributed by atoms with Crippen molar-refractivity contribution in [3.63, 3.8) is 0 Å². The van der Waals surface area contributed by atoms with Crippen LogP contribution in [0.15, 0.2) is 42.6 Å². The van der Waals surface area contributed by atoms with Crippen LogP contribution in [0.1, 0.15) is 12.0 Å². The molecule has 5 heteroatoms. The van der Waals surface area contributed by atoms with E-state index in [-0.39, 0.29) is 5.56 Å². The predicted octanol–water partition coefficient (Wildman–Crippen LogP) is 3.57. The van der Waals surface area contributed by atoms with Gasteiger partial charge in [0.1, 0.15) is 0 Å². The molecule has 0 aliphatic heterocycles. The lowest BCUT2D eigenvalue weighted by molar-refractivity contribution is 0.153. The summed E-state index contributed by atoms with van der Waals surface area (Å²) in [6.45, 7) is 0. The van der Waals surface area contributed by atoms with Crippen LogP contribution in [0.25, 0.3) is 22.3 Å². The molecule has 0 amide bonds. The molecule has 0 fully saturated rings. The molecule has 1 aromatic carbocycles. The van der Waals surface area contributed by atoms with Gasteiger partial charge in [-0.3, -0.25) is 4.68 Å². The van der Waals surface area contributed by atoms with Gasteiger partial charge in [-0.15, -0.1) is 0 Å². The Morgan fingerprint density at radius 2 is 1.89 bits per heavy atom. The molecule has 0 bridgehead atoms. The van der Waals surface area contributed by atoms with Crippen LogP contribution in [0.3, 0.4) is 0 Å². The van der Waals surface area contributed by atoms with Gasteiger partial charge in [0.15, 0.2) is 5.65 Å². The van der Waals surface area contributed by atoms with Crippen molar-refractivity contribution < 1.29 is 8.78 Å². The van der Waals surface area contributed by atoms with Crippen LogP contribution in [-0.2, 0) is 7.05 Å². The lowest BCUT2D eigenvalue weighted by atomic mass is 10.1. The minimum atomic E-state index is -2.54. The van der Waals surface area contributed by atoms with Crippen molar-refractivity contribution in [2.24, 2.45) is 7.05 Å². The molecule has 3 nitrogen and oxygen atoms in total. The molecule has 0 spiro atoms. The van der Waals surface area contributed by atoms with Crippen molar-refractivity contribution in [1.82, 2.24) is 14.8 Å². The number of hydrogen-bond acceptors (Lipinski definition) is 2. The van der Waals surface area contributed by atoms with Crippen molar-refractivity contribution in [2.45, 2.75) is 6.43 Å². The Hall–Kier alpha value is -2.30. The molecular formula is C14H11F2N3. The van der Waals surface area contributed by atoms with Gasteiger partial charge in [0.05, 0.1) is 11.9 Å². The summed E-state index contributed by atoms with van der Waals surface area (Å²) in [6.07, 6.45) is -1.12. The molecule has 0 saturated heterocycles. The first kappa shape index (κ1) is 11.8. The van der Waals surface area contributed by atoms with E-state index in [4.69, 9.17) is 0 Å². The van der Waals surface area contributed by atoms with Crippen LogP contribution in [0.2, 0.25) is 0 Å². The molecule has 0 N–H and O–H groups in total. The SMILES string of the molecule is Cn1ncc2c(C(F)F)cc(-c3ccccc3)nc21. The molecule has 3 rings (SSSR count). The number of benzene rings is 1. The van der Waals surface area contributed by atoms with Gasteiger partial charge in [-0.05, 0) is 6.07 Å². The van der Waals surface area contributed by atoms with E-state index in [1.165, 1.54) is 16.9 Å².